The average molecular weight is 577 g/mol. The first-order valence-corrected chi connectivity index (χ1v) is 12.8. The van der Waals surface area contributed by atoms with Crippen LogP contribution < -0.4 is 19.1 Å². The number of benzene rings is 3. The number of anilines is 2. The fraction of sp³-hybridized carbons (Fsp3) is 0.200. The number of rotatable bonds is 9. The highest BCUT2D eigenvalue weighted by atomic mass is 79.9. The highest BCUT2D eigenvalue weighted by Crippen LogP contribution is 2.34. The average Bonchev–Trinajstić information content (AvgIpc) is 2.87. The molecule has 0 aromatic heterocycles. The van der Waals surface area contributed by atoms with Crippen molar-refractivity contribution in [2.24, 2.45) is 0 Å². The van der Waals surface area contributed by atoms with Crippen molar-refractivity contribution < 1.29 is 32.2 Å². The molecule has 36 heavy (non-hydrogen) atoms. The number of amides is 1. The summed E-state index contributed by atoms with van der Waals surface area (Å²) in [5.74, 6) is -0.888. The zero-order valence-electron chi connectivity index (χ0n) is 20.1. The Morgan fingerprint density at radius 2 is 1.50 bits per heavy atom. The molecule has 0 heterocycles. The Bertz CT molecular complexity index is 1360. The Hall–Kier alpha value is -3.57. The number of hydrogen-bond acceptors (Lipinski definition) is 7. The molecule has 0 aliphatic rings. The molecule has 0 radical (unpaired) electrons. The number of nitrogens with zero attached hydrogens (tertiary/aromatic N) is 1. The SMILES string of the molecule is COC(=O)c1cc(OC)c(OC)cc1NC(=O)CN(c1ccc(Br)cc1)S(=O)(=O)c1ccc(C)cc1. The van der Waals surface area contributed by atoms with Crippen LogP contribution in [0.15, 0.2) is 70.0 Å². The largest absolute Gasteiger partial charge is 0.493 e. The van der Waals surface area contributed by atoms with E-state index in [-0.39, 0.29) is 33.3 Å². The predicted octanol–water partition coefficient (Wildman–Crippen LogP) is 4.40. The summed E-state index contributed by atoms with van der Waals surface area (Å²) in [6.45, 7) is 1.28. The first-order valence-electron chi connectivity index (χ1n) is 10.6. The summed E-state index contributed by atoms with van der Waals surface area (Å²) in [4.78, 5) is 25.5. The van der Waals surface area contributed by atoms with Crippen molar-refractivity contribution in [1.29, 1.82) is 0 Å². The molecular formula is C25H25BrN2O7S. The van der Waals surface area contributed by atoms with E-state index in [2.05, 4.69) is 21.2 Å². The fourth-order valence-corrected chi connectivity index (χ4v) is 5.03. The molecule has 0 saturated carbocycles. The lowest BCUT2D eigenvalue weighted by atomic mass is 10.1. The minimum atomic E-state index is -4.10. The summed E-state index contributed by atoms with van der Waals surface area (Å²) in [7, 11) is -0.0890. The van der Waals surface area contributed by atoms with Gasteiger partial charge in [-0.15, -0.1) is 0 Å². The number of carbonyl (C=O) groups is 2. The quantitative estimate of drug-likeness (QED) is 0.376. The number of sulfonamides is 1. The third-order valence-corrected chi connectivity index (χ3v) is 7.53. The summed E-state index contributed by atoms with van der Waals surface area (Å²) in [6, 6.07) is 15.6. The number of methoxy groups -OCH3 is 3. The Morgan fingerprint density at radius 3 is 2.06 bits per heavy atom. The molecule has 9 nitrogen and oxygen atoms in total. The van der Waals surface area contributed by atoms with Gasteiger partial charge in [-0.3, -0.25) is 9.10 Å². The van der Waals surface area contributed by atoms with E-state index < -0.39 is 28.4 Å². The van der Waals surface area contributed by atoms with E-state index in [1.807, 2.05) is 6.92 Å². The van der Waals surface area contributed by atoms with Gasteiger partial charge in [-0.2, -0.15) is 0 Å². The van der Waals surface area contributed by atoms with Crippen LogP contribution in [0.1, 0.15) is 15.9 Å². The summed E-state index contributed by atoms with van der Waals surface area (Å²) in [5, 5.41) is 2.61. The normalized spacial score (nSPS) is 10.9. The van der Waals surface area contributed by atoms with Gasteiger partial charge in [0.1, 0.15) is 6.54 Å². The summed E-state index contributed by atoms with van der Waals surface area (Å²) < 4.78 is 44.2. The fourth-order valence-electron chi connectivity index (χ4n) is 3.34. The minimum Gasteiger partial charge on any atom is -0.493 e. The van der Waals surface area contributed by atoms with Crippen molar-refractivity contribution in [2.45, 2.75) is 11.8 Å². The lowest BCUT2D eigenvalue weighted by molar-refractivity contribution is -0.114. The number of halogens is 1. The van der Waals surface area contributed by atoms with Crippen LogP contribution in [0.4, 0.5) is 11.4 Å². The lowest BCUT2D eigenvalue weighted by Gasteiger charge is -2.24. The first kappa shape index (κ1) is 27.0. The lowest BCUT2D eigenvalue weighted by Crippen LogP contribution is -2.38. The van der Waals surface area contributed by atoms with E-state index in [1.54, 1.807) is 36.4 Å². The van der Waals surface area contributed by atoms with Gasteiger partial charge in [0.2, 0.25) is 5.91 Å². The van der Waals surface area contributed by atoms with Crippen LogP contribution in [0.5, 0.6) is 11.5 Å². The molecule has 0 saturated heterocycles. The number of aryl methyl sites for hydroxylation is 1. The van der Waals surface area contributed by atoms with Gasteiger partial charge < -0.3 is 19.5 Å². The maximum absolute atomic E-state index is 13.5. The maximum atomic E-state index is 13.5. The van der Waals surface area contributed by atoms with Crippen LogP contribution in [-0.2, 0) is 19.6 Å². The molecule has 0 bridgehead atoms. The van der Waals surface area contributed by atoms with Crippen molar-refractivity contribution in [3.8, 4) is 11.5 Å². The van der Waals surface area contributed by atoms with Gasteiger partial charge in [0.25, 0.3) is 10.0 Å². The van der Waals surface area contributed by atoms with Crippen LogP contribution in [0.25, 0.3) is 0 Å². The van der Waals surface area contributed by atoms with E-state index in [1.165, 1.54) is 45.6 Å². The van der Waals surface area contributed by atoms with Gasteiger partial charge in [-0.25, -0.2) is 13.2 Å². The molecule has 11 heteroatoms. The van der Waals surface area contributed by atoms with Crippen molar-refractivity contribution in [2.75, 3.05) is 37.5 Å². The molecule has 0 fully saturated rings. The van der Waals surface area contributed by atoms with Crippen molar-refractivity contribution in [3.63, 3.8) is 0 Å². The van der Waals surface area contributed by atoms with E-state index in [4.69, 9.17) is 14.2 Å². The second-order valence-corrected chi connectivity index (χ2v) is 10.4. The number of esters is 1. The highest BCUT2D eigenvalue weighted by Gasteiger charge is 2.28. The second kappa shape index (κ2) is 11.4. The summed E-state index contributed by atoms with van der Waals surface area (Å²) >= 11 is 3.33. The molecule has 3 aromatic rings. The van der Waals surface area contributed by atoms with Crippen LogP contribution in [0.2, 0.25) is 0 Å². The second-order valence-electron chi connectivity index (χ2n) is 7.59. The molecule has 3 aromatic carbocycles. The third-order valence-electron chi connectivity index (χ3n) is 5.21. The third kappa shape index (κ3) is 5.97. The van der Waals surface area contributed by atoms with Crippen molar-refractivity contribution in [3.05, 3.63) is 76.3 Å². The molecule has 1 amide bonds. The topological polar surface area (TPSA) is 111 Å². The molecule has 190 valence electrons. The van der Waals surface area contributed by atoms with E-state index in [9.17, 15) is 18.0 Å². The molecule has 0 aliphatic carbocycles. The molecule has 0 atom stereocenters. The predicted molar refractivity (Wildman–Crippen MR) is 139 cm³/mol. The Kier molecular flexibility index (Phi) is 8.59. The number of hydrogen-bond donors (Lipinski definition) is 1. The standard InChI is InChI=1S/C25H25BrN2O7S/c1-16-5-11-19(12-6-16)36(31,32)28(18-9-7-17(26)8-10-18)15-24(29)27-21-14-23(34-3)22(33-2)13-20(21)25(30)35-4/h5-14H,15H2,1-4H3,(H,27,29). The van der Waals surface area contributed by atoms with Crippen LogP contribution in [0.3, 0.4) is 0 Å². The van der Waals surface area contributed by atoms with Crippen LogP contribution in [0, 0.1) is 6.92 Å². The zero-order valence-corrected chi connectivity index (χ0v) is 22.5. The Labute approximate surface area is 218 Å². The van der Waals surface area contributed by atoms with Crippen LogP contribution in [-0.4, -0.2) is 48.2 Å². The van der Waals surface area contributed by atoms with Gasteiger partial charge in [0.05, 0.1) is 43.2 Å². The van der Waals surface area contributed by atoms with Gasteiger partial charge in [-0.1, -0.05) is 33.6 Å². The van der Waals surface area contributed by atoms with Crippen LogP contribution >= 0.6 is 15.9 Å². The van der Waals surface area contributed by atoms with Crippen molar-refractivity contribution >= 4 is 49.2 Å². The number of ether oxygens (including phenoxy) is 3. The molecule has 0 spiro atoms. The van der Waals surface area contributed by atoms with E-state index >= 15 is 0 Å². The molecule has 0 unspecified atom stereocenters. The molecular weight excluding hydrogens is 552 g/mol. The molecule has 3 rings (SSSR count). The molecule has 0 aliphatic heterocycles. The smallest absolute Gasteiger partial charge is 0.340 e. The van der Waals surface area contributed by atoms with E-state index in [0.717, 1.165) is 14.3 Å². The van der Waals surface area contributed by atoms with Gasteiger partial charge in [0, 0.05) is 16.6 Å². The van der Waals surface area contributed by atoms with Crippen molar-refractivity contribution in [1.82, 2.24) is 0 Å². The number of nitrogens with one attached hydrogen (secondary N) is 1. The Balaban J connectivity index is 2.01. The highest BCUT2D eigenvalue weighted by molar-refractivity contribution is 9.10. The van der Waals surface area contributed by atoms with Gasteiger partial charge in [-0.05, 0) is 43.3 Å². The minimum absolute atomic E-state index is 0.0140. The monoisotopic (exact) mass is 576 g/mol. The zero-order chi connectivity index (χ0) is 26.5. The van der Waals surface area contributed by atoms with E-state index in [0.29, 0.717) is 0 Å². The Morgan fingerprint density at radius 1 is 0.917 bits per heavy atom. The first-order chi connectivity index (χ1) is 17.1. The number of carbonyl (C=O) groups excluding carboxylic acids is 2. The summed E-state index contributed by atoms with van der Waals surface area (Å²) in [5.41, 5.74) is 1.27. The summed E-state index contributed by atoms with van der Waals surface area (Å²) in [6.07, 6.45) is 0. The van der Waals surface area contributed by atoms with Gasteiger partial charge in [0.15, 0.2) is 11.5 Å². The molecule has 1 N–H and O–H groups in total. The maximum Gasteiger partial charge on any atom is 0.340 e. The van der Waals surface area contributed by atoms with Gasteiger partial charge >= 0.3 is 5.97 Å².